The molecule has 0 spiro atoms. The van der Waals surface area contributed by atoms with Gasteiger partial charge in [-0.05, 0) is 31.4 Å². The van der Waals surface area contributed by atoms with Crippen molar-refractivity contribution in [2.24, 2.45) is 16.6 Å². The van der Waals surface area contributed by atoms with E-state index in [9.17, 15) is 0 Å². The lowest BCUT2D eigenvalue weighted by Crippen LogP contribution is -2.22. The number of hydrogen-bond acceptors (Lipinski definition) is 1. The van der Waals surface area contributed by atoms with Crippen LogP contribution in [0.3, 0.4) is 0 Å². The normalized spacial score (nSPS) is 11.3. The highest BCUT2D eigenvalue weighted by Crippen LogP contribution is 2.08. The first kappa shape index (κ1) is 18.2. The third kappa shape index (κ3) is 8.86. The maximum Gasteiger partial charge on any atom is 0.193 e. The Morgan fingerprint density at radius 2 is 1.84 bits per heavy atom. The number of nitrogens with two attached hydrogens (primary N) is 1. The standard InChI is InChI=1S/C15H25N3.HI/c1-12(2)6-4-5-11-17-15(16)18-14-9-7-13(3)8-10-14;/h7-10,12H,4-6,11H2,1-3H3,(H3,16,17,18);1H. The monoisotopic (exact) mass is 375 g/mol. The van der Waals surface area contributed by atoms with Gasteiger partial charge in [0.25, 0.3) is 0 Å². The number of unbranched alkanes of at least 4 members (excludes halogenated alkanes) is 1. The SMILES string of the molecule is Cc1ccc(NC(N)=NCCCCC(C)C)cc1.I. The Balaban J connectivity index is 0.00000324. The molecule has 0 fully saturated rings. The Labute approximate surface area is 134 Å². The molecule has 1 aromatic rings. The quantitative estimate of drug-likeness (QED) is 0.339. The molecule has 0 saturated heterocycles. The Kier molecular flexibility index (Phi) is 9.65. The number of aryl methyl sites for hydroxylation is 1. The van der Waals surface area contributed by atoms with E-state index in [1.165, 1.54) is 18.4 Å². The number of anilines is 1. The van der Waals surface area contributed by atoms with Crippen molar-refractivity contribution in [1.29, 1.82) is 0 Å². The van der Waals surface area contributed by atoms with E-state index in [1.807, 2.05) is 12.1 Å². The van der Waals surface area contributed by atoms with Crippen LogP contribution in [0.1, 0.15) is 38.7 Å². The molecule has 1 aromatic carbocycles. The van der Waals surface area contributed by atoms with Gasteiger partial charge in [0.15, 0.2) is 5.96 Å². The number of aliphatic imine (C=N–C) groups is 1. The molecule has 0 amide bonds. The van der Waals surface area contributed by atoms with Crippen LogP contribution >= 0.6 is 24.0 Å². The minimum atomic E-state index is 0. The molecule has 0 unspecified atom stereocenters. The lowest BCUT2D eigenvalue weighted by Gasteiger charge is -2.06. The van der Waals surface area contributed by atoms with Crippen LogP contribution in [-0.4, -0.2) is 12.5 Å². The third-order valence-corrected chi connectivity index (χ3v) is 2.80. The summed E-state index contributed by atoms with van der Waals surface area (Å²) in [6.07, 6.45) is 3.59. The summed E-state index contributed by atoms with van der Waals surface area (Å²) in [4.78, 5) is 4.32. The van der Waals surface area contributed by atoms with Crippen molar-refractivity contribution in [3.63, 3.8) is 0 Å². The van der Waals surface area contributed by atoms with Crippen LogP contribution in [0.25, 0.3) is 0 Å². The number of hydrogen-bond donors (Lipinski definition) is 2. The highest BCUT2D eigenvalue weighted by Gasteiger charge is 1.96. The van der Waals surface area contributed by atoms with E-state index in [2.05, 4.69) is 43.2 Å². The van der Waals surface area contributed by atoms with Crippen molar-refractivity contribution in [2.75, 3.05) is 11.9 Å². The van der Waals surface area contributed by atoms with Gasteiger partial charge < -0.3 is 11.1 Å². The first-order valence-electron chi connectivity index (χ1n) is 6.71. The number of nitrogens with one attached hydrogen (secondary N) is 1. The molecule has 0 aliphatic carbocycles. The molecule has 0 heterocycles. The van der Waals surface area contributed by atoms with Gasteiger partial charge in [-0.2, -0.15) is 0 Å². The topological polar surface area (TPSA) is 50.4 Å². The Bertz CT molecular complexity index is 371. The van der Waals surface area contributed by atoms with E-state index in [4.69, 9.17) is 5.73 Å². The summed E-state index contributed by atoms with van der Waals surface area (Å²) in [5.74, 6) is 1.28. The van der Waals surface area contributed by atoms with Gasteiger partial charge in [0, 0.05) is 12.2 Å². The van der Waals surface area contributed by atoms with Gasteiger partial charge in [-0.3, -0.25) is 4.99 Å². The maximum absolute atomic E-state index is 5.82. The van der Waals surface area contributed by atoms with Crippen molar-refractivity contribution in [3.8, 4) is 0 Å². The van der Waals surface area contributed by atoms with Crippen molar-refractivity contribution >= 4 is 35.6 Å². The van der Waals surface area contributed by atoms with Crippen molar-refractivity contribution in [1.82, 2.24) is 0 Å². The average Bonchev–Trinajstić information content (AvgIpc) is 2.31. The van der Waals surface area contributed by atoms with Gasteiger partial charge in [-0.15, -0.1) is 24.0 Å². The summed E-state index contributed by atoms with van der Waals surface area (Å²) < 4.78 is 0. The lowest BCUT2D eigenvalue weighted by molar-refractivity contribution is 0.542. The lowest BCUT2D eigenvalue weighted by atomic mass is 10.1. The van der Waals surface area contributed by atoms with Gasteiger partial charge in [-0.1, -0.05) is 44.4 Å². The second-order valence-electron chi connectivity index (χ2n) is 5.15. The molecule has 19 heavy (non-hydrogen) atoms. The zero-order valence-electron chi connectivity index (χ0n) is 12.1. The summed E-state index contributed by atoms with van der Waals surface area (Å²) in [5.41, 5.74) is 8.06. The largest absolute Gasteiger partial charge is 0.370 e. The van der Waals surface area contributed by atoms with E-state index in [0.29, 0.717) is 5.96 Å². The summed E-state index contributed by atoms with van der Waals surface area (Å²) in [5, 5.41) is 3.10. The molecule has 3 nitrogen and oxygen atoms in total. The van der Waals surface area contributed by atoms with Gasteiger partial charge >= 0.3 is 0 Å². The number of halogens is 1. The fraction of sp³-hybridized carbons (Fsp3) is 0.533. The number of nitrogens with zero attached hydrogens (tertiary/aromatic N) is 1. The number of guanidine groups is 1. The second-order valence-corrected chi connectivity index (χ2v) is 5.15. The van der Waals surface area contributed by atoms with Gasteiger partial charge in [-0.25, -0.2) is 0 Å². The molecule has 0 radical (unpaired) electrons. The summed E-state index contributed by atoms with van der Waals surface area (Å²) in [6.45, 7) is 7.36. The zero-order valence-corrected chi connectivity index (χ0v) is 14.5. The fourth-order valence-electron chi connectivity index (χ4n) is 1.69. The minimum Gasteiger partial charge on any atom is -0.370 e. The van der Waals surface area contributed by atoms with E-state index in [0.717, 1.165) is 24.6 Å². The zero-order chi connectivity index (χ0) is 13.4. The molecule has 108 valence electrons. The van der Waals surface area contributed by atoms with Crippen molar-refractivity contribution < 1.29 is 0 Å². The van der Waals surface area contributed by atoms with Gasteiger partial charge in [0.1, 0.15) is 0 Å². The predicted octanol–water partition coefficient (Wildman–Crippen LogP) is 4.17. The molecule has 0 saturated carbocycles. The van der Waals surface area contributed by atoms with E-state index in [1.54, 1.807) is 0 Å². The summed E-state index contributed by atoms with van der Waals surface area (Å²) in [6, 6.07) is 8.13. The highest BCUT2D eigenvalue weighted by atomic mass is 127. The fourth-order valence-corrected chi connectivity index (χ4v) is 1.69. The van der Waals surface area contributed by atoms with Gasteiger partial charge in [0.2, 0.25) is 0 Å². The smallest absolute Gasteiger partial charge is 0.193 e. The molecule has 0 aromatic heterocycles. The summed E-state index contributed by atoms with van der Waals surface area (Å²) in [7, 11) is 0. The molecular formula is C15H26IN3. The molecule has 0 bridgehead atoms. The first-order valence-corrected chi connectivity index (χ1v) is 6.71. The van der Waals surface area contributed by atoms with Crippen molar-refractivity contribution in [3.05, 3.63) is 29.8 Å². The van der Waals surface area contributed by atoms with Crippen molar-refractivity contribution in [2.45, 2.75) is 40.0 Å². The number of benzene rings is 1. The molecule has 1 rings (SSSR count). The average molecular weight is 375 g/mol. The molecule has 3 N–H and O–H groups in total. The minimum absolute atomic E-state index is 0. The van der Waals surface area contributed by atoms with Crippen LogP contribution in [-0.2, 0) is 0 Å². The second kappa shape index (κ2) is 10.1. The van der Waals surface area contributed by atoms with Gasteiger partial charge in [0.05, 0.1) is 0 Å². The molecule has 0 aliphatic rings. The van der Waals surface area contributed by atoms with Crippen LogP contribution in [0.15, 0.2) is 29.3 Å². The molecule has 4 heteroatoms. The van der Waals surface area contributed by atoms with E-state index in [-0.39, 0.29) is 24.0 Å². The highest BCUT2D eigenvalue weighted by molar-refractivity contribution is 14.0. The Morgan fingerprint density at radius 3 is 2.42 bits per heavy atom. The molecule has 0 atom stereocenters. The first-order chi connectivity index (χ1) is 8.58. The van der Waals surface area contributed by atoms with Crippen LogP contribution in [0.2, 0.25) is 0 Å². The van der Waals surface area contributed by atoms with E-state index < -0.39 is 0 Å². The van der Waals surface area contributed by atoms with Crippen LogP contribution in [0.5, 0.6) is 0 Å². The Morgan fingerprint density at radius 1 is 1.21 bits per heavy atom. The van der Waals surface area contributed by atoms with E-state index >= 15 is 0 Å². The van der Waals surface area contributed by atoms with Crippen LogP contribution < -0.4 is 11.1 Å². The molecular weight excluding hydrogens is 349 g/mol. The third-order valence-electron chi connectivity index (χ3n) is 2.80. The predicted molar refractivity (Wildman–Crippen MR) is 95.4 cm³/mol. The molecule has 0 aliphatic heterocycles. The number of rotatable bonds is 6. The van der Waals surface area contributed by atoms with Crippen LogP contribution in [0.4, 0.5) is 5.69 Å². The Hall–Kier alpha value is -0.780. The maximum atomic E-state index is 5.82. The van der Waals surface area contributed by atoms with Crippen LogP contribution in [0, 0.1) is 12.8 Å². The summed E-state index contributed by atoms with van der Waals surface area (Å²) >= 11 is 0.